The van der Waals surface area contributed by atoms with Gasteiger partial charge in [-0.05, 0) is 261 Å². The number of alkyl carbamates (subject to hydrolysis) is 3. The van der Waals surface area contributed by atoms with Gasteiger partial charge in [0.2, 0.25) is 0 Å². The van der Waals surface area contributed by atoms with Crippen molar-refractivity contribution in [3.8, 4) is 33.4 Å². The number of allylic oxidation sites excluding steroid dienone is 3. The summed E-state index contributed by atoms with van der Waals surface area (Å²) in [5, 5.41) is 9.00. The summed E-state index contributed by atoms with van der Waals surface area (Å²) in [4.78, 5) is 87.7. The zero-order valence-electron chi connectivity index (χ0n) is 62.2. The van der Waals surface area contributed by atoms with Crippen molar-refractivity contribution in [2.75, 3.05) is 19.8 Å². The van der Waals surface area contributed by atoms with Gasteiger partial charge in [-0.1, -0.05) is 72.8 Å². The molecule has 3 amide bonds. The number of halogens is 3. The number of nitrogens with one attached hydrogen (secondary N) is 3. The number of carbonyl (C=O) groups is 6. The molecule has 21 atom stereocenters. The second kappa shape index (κ2) is 34.7. The number of hydrogen-bond acceptors (Lipinski definition) is 15. The number of hydrogen-bond donors (Lipinski definition) is 3. The second-order valence-electron chi connectivity index (χ2n) is 30.8. The van der Waals surface area contributed by atoms with Crippen LogP contribution in [0.5, 0.6) is 0 Å². The molecule has 3 N–H and O–H groups in total. The summed E-state index contributed by atoms with van der Waals surface area (Å²) in [6, 6.07) is 31.3. The topological polar surface area (TPSA) is 233 Å². The monoisotopic (exact) mass is 1480 g/mol. The summed E-state index contributed by atoms with van der Waals surface area (Å²) >= 11 is 0. The van der Waals surface area contributed by atoms with Crippen molar-refractivity contribution in [3.63, 3.8) is 0 Å². The lowest BCUT2D eigenvalue weighted by Gasteiger charge is -2.47. The minimum absolute atomic E-state index is 0.0679. The fourth-order valence-electron chi connectivity index (χ4n) is 19.9. The van der Waals surface area contributed by atoms with Crippen LogP contribution in [-0.2, 0) is 42.8 Å². The smallest absolute Gasteiger partial charge is 0.407 e. The van der Waals surface area contributed by atoms with Gasteiger partial charge < -0.3 is 44.4 Å². The Hall–Kier alpha value is -9.66. The lowest BCUT2D eigenvalue weighted by Crippen LogP contribution is -2.48. The molecule has 3 aromatic heterocycles. The van der Waals surface area contributed by atoms with Crippen LogP contribution in [0.1, 0.15) is 136 Å². The van der Waals surface area contributed by atoms with E-state index in [0.717, 1.165) is 128 Å². The fraction of sp³-hybridized carbons (Fsp3) is 0.483. The predicted molar refractivity (Wildman–Crippen MR) is 402 cm³/mol. The molecular weight excluding hydrogens is 1380 g/mol. The molecule has 6 saturated carbocycles. The van der Waals surface area contributed by atoms with E-state index in [4.69, 9.17) is 28.4 Å². The van der Waals surface area contributed by atoms with E-state index in [1.807, 2.05) is 93.6 Å². The van der Waals surface area contributed by atoms with Crippen LogP contribution in [0.4, 0.5) is 27.6 Å². The molecular formula is C87H99F3N6O12. The molecule has 570 valence electrons. The molecule has 18 nitrogen and oxygen atoms in total. The van der Waals surface area contributed by atoms with Gasteiger partial charge in [-0.2, -0.15) is 0 Å². The van der Waals surface area contributed by atoms with E-state index in [-0.39, 0.29) is 143 Å². The Bertz CT molecular complexity index is 3830. The van der Waals surface area contributed by atoms with Crippen LogP contribution in [0.15, 0.2) is 146 Å². The van der Waals surface area contributed by atoms with Crippen LogP contribution in [-0.4, -0.2) is 107 Å². The van der Waals surface area contributed by atoms with Gasteiger partial charge in [0.25, 0.3) is 0 Å². The van der Waals surface area contributed by atoms with Crippen molar-refractivity contribution in [2.24, 2.45) is 88.8 Å². The average Bonchev–Trinajstić information content (AvgIpc) is 1.54. The Morgan fingerprint density at radius 3 is 0.944 bits per heavy atom. The van der Waals surface area contributed by atoms with Crippen molar-refractivity contribution in [1.29, 1.82) is 0 Å². The molecule has 6 heterocycles. The number of carbonyl (C=O) groups excluding carboxylic acids is 6. The molecule has 6 aromatic rings. The predicted octanol–water partition coefficient (Wildman–Crippen LogP) is 16.9. The standard InChI is InChI=1S/3C29H33FN2O4/c3*1-3-35-29(34)32-23-10-11-24-20(14-23)15-26-27(17(2)36-28(26)33)25(24)12-9-22-8-7-19(16-31-22)18-5-4-6-21(30)13-18/h3*4-9,12-13,16-17,20,23-27H,3,10-11,14-15H2,1-2H3,(H,32,34)/b3*12-9+/t17-,20+,23+,24+,25-,26-,27+;17-,20+,23-,24+,25+,26+,27-;17-,20+,23-,24+,25-,26-,27-/m100/s1. The number of nitrogens with zero attached hydrogens (tertiary/aromatic N) is 3. The summed E-state index contributed by atoms with van der Waals surface area (Å²) in [6.45, 7) is 12.5. The highest BCUT2D eigenvalue weighted by Gasteiger charge is 2.58. The molecule has 3 saturated heterocycles. The van der Waals surface area contributed by atoms with Crippen LogP contribution in [0.3, 0.4) is 0 Å². The number of amides is 3. The number of benzene rings is 3. The van der Waals surface area contributed by atoms with E-state index in [1.54, 1.807) is 57.6 Å². The molecule has 0 bridgehead atoms. The summed E-state index contributed by atoms with van der Waals surface area (Å²) in [5.41, 5.74) is 7.43. The van der Waals surface area contributed by atoms with E-state index < -0.39 is 0 Å². The Labute approximate surface area is 630 Å². The molecule has 15 rings (SSSR count). The second-order valence-corrected chi connectivity index (χ2v) is 30.8. The zero-order valence-corrected chi connectivity index (χ0v) is 62.2. The third-order valence-corrected chi connectivity index (χ3v) is 24.5. The Morgan fingerprint density at radius 1 is 0.407 bits per heavy atom. The average molecular weight is 1480 g/mol. The molecule has 21 heteroatoms. The number of fused-ring (bicyclic) bond motifs is 6. The molecule has 3 aliphatic heterocycles. The number of rotatable bonds is 15. The maximum absolute atomic E-state index is 13.6. The minimum Gasteiger partial charge on any atom is -0.462 e. The SMILES string of the molecule is CCOC(=O)N[C@H]1CC[C@@H]2[C@H](C1)C[C@@H]1C(=O)O[C@@H](C)[C@H]1[C@H]2/C=C/c1ccc(-c2cccc(F)c2)cn1.CCOC(=O)N[C@H]1CC[C@@H]2[C@H](C1)C[C@H]1C(=O)O[C@@H](C)[C@H]1[C@@H]2/C=C/c1ccc(-c2cccc(F)c2)cn1.CCOC(=O)N[C@H]1CC[C@H]2[C@@H](C1)C[C@H]1C(=O)O[C@H](C)[C@H]1[C@@H]2/C=C/c1ccc(-c2cccc(F)c2)cn1. The molecule has 6 aliphatic carbocycles. The largest absolute Gasteiger partial charge is 0.462 e. The van der Waals surface area contributed by atoms with Gasteiger partial charge in [0.1, 0.15) is 35.8 Å². The van der Waals surface area contributed by atoms with Gasteiger partial charge in [-0.25, -0.2) is 27.6 Å². The summed E-state index contributed by atoms with van der Waals surface area (Å²) in [5.74, 6) is 1.89. The van der Waals surface area contributed by atoms with Gasteiger partial charge in [0.05, 0.1) is 54.7 Å². The molecule has 9 aliphatic rings. The van der Waals surface area contributed by atoms with Gasteiger partial charge in [-0.15, -0.1) is 0 Å². The summed E-state index contributed by atoms with van der Waals surface area (Å²) < 4.78 is 73.0. The number of ether oxygens (including phenoxy) is 6. The van der Waals surface area contributed by atoms with E-state index >= 15 is 0 Å². The highest BCUT2D eigenvalue weighted by molar-refractivity contribution is 5.78. The number of pyridine rings is 3. The molecule has 0 radical (unpaired) electrons. The van der Waals surface area contributed by atoms with Gasteiger partial charge in [0, 0.05) is 71.2 Å². The van der Waals surface area contributed by atoms with E-state index in [0.29, 0.717) is 55.3 Å². The van der Waals surface area contributed by atoms with Crippen LogP contribution >= 0.6 is 0 Å². The van der Waals surface area contributed by atoms with Crippen molar-refractivity contribution in [3.05, 3.63) is 181 Å². The first-order chi connectivity index (χ1) is 52.3. The van der Waals surface area contributed by atoms with E-state index in [1.165, 1.54) is 36.4 Å². The highest BCUT2D eigenvalue weighted by Crippen LogP contribution is 2.57. The highest BCUT2D eigenvalue weighted by atomic mass is 19.1. The lowest BCUT2D eigenvalue weighted by atomic mass is 9.57. The van der Waals surface area contributed by atoms with E-state index in [9.17, 15) is 41.9 Å². The third-order valence-electron chi connectivity index (χ3n) is 24.5. The first-order valence-corrected chi connectivity index (χ1v) is 38.9. The van der Waals surface area contributed by atoms with Crippen LogP contribution in [0, 0.1) is 106 Å². The van der Waals surface area contributed by atoms with Gasteiger partial charge >= 0.3 is 36.2 Å². The van der Waals surface area contributed by atoms with Crippen LogP contribution < -0.4 is 16.0 Å². The first kappa shape index (κ1) is 76.5. The van der Waals surface area contributed by atoms with Crippen molar-refractivity contribution in [2.45, 2.75) is 155 Å². The molecule has 0 unspecified atom stereocenters. The zero-order chi connectivity index (χ0) is 75.7. The Kier molecular flexibility index (Phi) is 24.6. The fourth-order valence-corrected chi connectivity index (χ4v) is 19.9. The van der Waals surface area contributed by atoms with Crippen LogP contribution in [0.2, 0.25) is 0 Å². The molecule has 3 aromatic carbocycles. The minimum atomic E-state index is -0.368. The number of cyclic esters (lactones) is 3. The van der Waals surface area contributed by atoms with Crippen molar-refractivity contribution >= 4 is 54.4 Å². The maximum atomic E-state index is 13.6. The number of esters is 3. The molecule has 9 fully saturated rings. The molecule has 0 spiro atoms. The summed E-state index contributed by atoms with van der Waals surface area (Å²) in [6.07, 6.45) is 27.2. The first-order valence-electron chi connectivity index (χ1n) is 38.9. The van der Waals surface area contributed by atoms with Crippen LogP contribution in [0.25, 0.3) is 51.6 Å². The molecule has 108 heavy (non-hydrogen) atoms. The maximum Gasteiger partial charge on any atom is 0.407 e. The quantitative estimate of drug-likeness (QED) is 0.0641. The summed E-state index contributed by atoms with van der Waals surface area (Å²) in [7, 11) is 0. The lowest BCUT2D eigenvalue weighted by molar-refractivity contribution is -0.145. The normalized spacial score (nSPS) is 31.4. The van der Waals surface area contributed by atoms with Gasteiger partial charge in [0.15, 0.2) is 0 Å². The third kappa shape index (κ3) is 17.9. The van der Waals surface area contributed by atoms with E-state index in [2.05, 4.69) is 49.1 Å². The van der Waals surface area contributed by atoms with Gasteiger partial charge in [-0.3, -0.25) is 29.3 Å². The number of aromatic nitrogens is 3. The Balaban J connectivity index is 0.000000143. The Morgan fingerprint density at radius 2 is 0.694 bits per heavy atom. The van der Waals surface area contributed by atoms with Crippen molar-refractivity contribution < 1.29 is 70.4 Å². The van der Waals surface area contributed by atoms with Crippen molar-refractivity contribution in [1.82, 2.24) is 30.9 Å².